The highest BCUT2D eigenvalue weighted by atomic mass is 16.1. The fourth-order valence-corrected chi connectivity index (χ4v) is 1.46. The van der Waals surface area contributed by atoms with E-state index in [2.05, 4.69) is 10.3 Å². The number of benzene rings is 1. The minimum Gasteiger partial charge on any atom is -0.322 e. The van der Waals surface area contributed by atoms with Crippen molar-refractivity contribution in [1.29, 1.82) is 10.5 Å². The average Bonchev–Trinajstić information content (AvgIpc) is 2.48. The fourth-order valence-electron chi connectivity index (χ4n) is 1.46. The van der Waals surface area contributed by atoms with E-state index in [0.717, 1.165) is 0 Å². The molecule has 1 heterocycles. The molecule has 0 unspecified atom stereocenters. The molecule has 2 aromatic rings. The van der Waals surface area contributed by atoms with E-state index in [0.29, 0.717) is 16.8 Å². The number of pyridine rings is 1. The number of hydrogen-bond donors (Lipinski definition) is 1. The van der Waals surface area contributed by atoms with E-state index in [9.17, 15) is 4.79 Å². The Morgan fingerprint density at radius 2 is 1.84 bits per heavy atom. The van der Waals surface area contributed by atoms with E-state index in [1.54, 1.807) is 24.3 Å². The SMILES string of the molecule is N#Cc1ccc(NC(=O)c2ccnc(C#N)c2)cc1. The number of carbonyl (C=O) groups excluding carboxylic acids is 1. The van der Waals surface area contributed by atoms with Gasteiger partial charge in [-0.1, -0.05) is 0 Å². The zero-order chi connectivity index (χ0) is 13.7. The maximum atomic E-state index is 11.9. The molecule has 1 amide bonds. The van der Waals surface area contributed by atoms with Crippen molar-refractivity contribution >= 4 is 11.6 Å². The molecule has 19 heavy (non-hydrogen) atoms. The van der Waals surface area contributed by atoms with Crippen LogP contribution in [0.1, 0.15) is 21.6 Å². The molecule has 0 aliphatic heterocycles. The zero-order valence-electron chi connectivity index (χ0n) is 9.79. The summed E-state index contributed by atoms with van der Waals surface area (Å²) in [6.45, 7) is 0. The molecule has 5 nitrogen and oxygen atoms in total. The lowest BCUT2D eigenvalue weighted by molar-refractivity contribution is 0.102. The van der Waals surface area contributed by atoms with E-state index >= 15 is 0 Å². The van der Waals surface area contributed by atoms with Crippen LogP contribution in [0, 0.1) is 22.7 Å². The third-order valence-electron chi connectivity index (χ3n) is 2.41. The van der Waals surface area contributed by atoms with Crippen LogP contribution in [-0.2, 0) is 0 Å². The Labute approximate surface area is 109 Å². The number of hydrogen-bond acceptors (Lipinski definition) is 4. The fraction of sp³-hybridized carbons (Fsp3) is 0. The predicted octanol–water partition coefficient (Wildman–Crippen LogP) is 2.08. The lowest BCUT2D eigenvalue weighted by Gasteiger charge is -2.05. The largest absolute Gasteiger partial charge is 0.322 e. The molecule has 5 heteroatoms. The molecule has 2 rings (SSSR count). The van der Waals surface area contributed by atoms with Crippen LogP contribution in [0.3, 0.4) is 0 Å². The van der Waals surface area contributed by atoms with Crippen LogP contribution in [0.5, 0.6) is 0 Å². The minimum absolute atomic E-state index is 0.187. The van der Waals surface area contributed by atoms with Gasteiger partial charge in [-0.25, -0.2) is 4.98 Å². The third kappa shape index (κ3) is 2.93. The molecule has 1 N–H and O–H groups in total. The topological polar surface area (TPSA) is 89.6 Å². The van der Waals surface area contributed by atoms with Crippen molar-refractivity contribution in [3.8, 4) is 12.1 Å². The standard InChI is InChI=1S/C14H8N4O/c15-8-10-1-3-12(4-2-10)18-14(19)11-5-6-17-13(7-11)9-16/h1-7H,(H,18,19). The molecule has 0 fully saturated rings. The van der Waals surface area contributed by atoms with Crippen molar-refractivity contribution in [3.63, 3.8) is 0 Å². The van der Waals surface area contributed by atoms with Gasteiger partial charge in [0.05, 0.1) is 11.6 Å². The number of rotatable bonds is 2. The van der Waals surface area contributed by atoms with Crippen LogP contribution >= 0.6 is 0 Å². The first-order valence-electron chi connectivity index (χ1n) is 5.40. The zero-order valence-corrected chi connectivity index (χ0v) is 9.79. The number of aromatic nitrogens is 1. The van der Waals surface area contributed by atoms with E-state index < -0.39 is 0 Å². The van der Waals surface area contributed by atoms with Gasteiger partial charge in [-0.2, -0.15) is 10.5 Å². The monoisotopic (exact) mass is 248 g/mol. The molecule has 1 aromatic carbocycles. The summed E-state index contributed by atoms with van der Waals surface area (Å²) in [5.74, 6) is -0.330. The Kier molecular flexibility index (Phi) is 3.51. The van der Waals surface area contributed by atoms with Crippen molar-refractivity contribution in [1.82, 2.24) is 4.98 Å². The molecule has 0 saturated carbocycles. The van der Waals surface area contributed by atoms with Gasteiger partial charge in [0.2, 0.25) is 0 Å². The molecule has 0 aliphatic carbocycles. The second-order valence-corrected chi connectivity index (χ2v) is 3.68. The summed E-state index contributed by atoms with van der Waals surface area (Å²) in [7, 11) is 0. The van der Waals surface area contributed by atoms with Crippen molar-refractivity contribution < 1.29 is 4.79 Å². The Hall–Kier alpha value is -3.18. The Morgan fingerprint density at radius 1 is 1.11 bits per heavy atom. The van der Waals surface area contributed by atoms with Gasteiger partial charge in [-0.15, -0.1) is 0 Å². The van der Waals surface area contributed by atoms with Crippen molar-refractivity contribution in [2.45, 2.75) is 0 Å². The van der Waals surface area contributed by atoms with Gasteiger partial charge in [0.25, 0.3) is 5.91 Å². The average molecular weight is 248 g/mol. The summed E-state index contributed by atoms with van der Waals surface area (Å²) in [6.07, 6.45) is 1.41. The number of nitriles is 2. The quantitative estimate of drug-likeness (QED) is 0.880. The van der Waals surface area contributed by atoms with Crippen LogP contribution in [0.4, 0.5) is 5.69 Å². The molecule has 1 aromatic heterocycles. The number of anilines is 1. The first kappa shape index (κ1) is 12.3. The molecule has 90 valence electrons. The van der Waals surface area contributed by atoms with Crippen LogP contribution in [0.2, 0.25) is 0 Å². The van der Waals surface area contributed by atoms with Gasteiger partial charge in [0.15, 0.2) is 0 Å². The summed E-state index contributed by atoms with van der Waals surface area (Å²) >= 11 is 0. The van der Waals surface area contributed by atoms with Gasteiger partial charge < -0.3 is 5.32 Å². The van der Waals surface area contributed by atoms with Gasteiger partial charge in [0.1, 0.15) is 11.8 Å². The Bertz CT molecular complexity index is 693. The van der Waals surface area contributed by atoms with Crippen molar-refractivity contribution in [2.24, 2.45) is 0 Å². The molecular formula is C14H8N4O. The third-order valence-corrected chi connectivity index (χ3v) is 2.41. The first-order valence-corrected chi connectivity index (χ1v) is 5.40. The summed E-state index contributed by atoms with van der Waals surface area (Å²) in [5.41, 5.74) is 1.65. The molecule has 0 atom stereocenters. The van der Waals surface area contributed by atoms with Crippen LogP contribution in [0.15, 0.2) is 42.6 Å². The van der Waals surface area contributed by atoms with E-state index in [1.807, 2.05) is 12.1 Å². The normalized spacial score (nSPS) is 9.16. The maximum absolute atomic E-state index is 11.9. The predicted molar refractivity (Wildman–Crippen MR) is 68.1 cm³/mol. The Morgan fingerprint density at radius 3 is 2.47 bits per heavy atom. The van der Waals surface area contributed by atoms with Gasteiger partial charge >= 0.3 is 0 Å². The molecule has 0 saturated heterocycles. The molecular weight excluding hydrogens is 240 g/mol. The van der Waals surface area contributed by atoms with Gasteiger partial charge in [-0.05, 0) is 36.4 Å². The summed E-state index contributed by atoms with van der Waals surface area (Å²) in [5, 5.41) is 20.1. The highest BCUT2D eigenvalue weighted by molar-refractivity contribution is 6.04. The highest BCUT2D eigenvalue weighted by Gasteiger charge is 2.07. The molecule has 0 spiro atoms. The van der Waals surface area contributed by atoms with E-state index in [1.165, 1.54) is 18.3 Å². The van der Waals surface area contributed by atoms with Gasteiger partial charge in [-0.3, -0.25) is 4.79 Å². The molecule has 0 bridgehead atoms. The lowest BCUT2D eigenvalue weighted by atomic mass is 10.2. The number of amides is 1. The number of nitrogens with zero attached hydrogens (tertiary/aromatic N) is 3. The molecule has 0 aliphatic rings. The lowest BCUT2D eigenvalue weighted by Crippen LogP contribution is -2.12. The maximum Gasteiger partial charge on any atom is 0.255 e. The molecule has 0 radical (unpaired) electrons. The smallest absolute Gasteiger partial charge is 0.255 e. The van der Waals surface area contributed by atoms with Crippen molar-refractivity contribution in [2.75, 3.05) is 5.32 Å². The summed E-state index contributed by atoms with van der Waals surface area (Å²) < 4.78 is 0. The first-order chi connectivity index (χ1) is 9.22. The minimum atomic E-state index is -0.330. The summed E-state index contributed by atoms with van der Waals surface area (Å²) in [6, 6.07) is 13.3. The highest BCUT2D eigenvalue weighted by Crippen LogP contribution is 2.11. The number of nitrogens with one attached hydrogen (secondary N) is 1. The van der Waals surface area contributed by atoms with Crippen LogP contribution in [-0.4, -0.2) is 10.9 Å². The summed E-state index contributed by atoms with van der Waals surface area (Å²) in [4.78, 5) is 15.7. The van der Waals surface area contributed by atoms with E-state index in [-0.39, 0.29) is 11.6 Å². The van der Waals surface area contributed by atoms with Gasteiger partial charge in [0, 0.05) is 17.4 Å². The second-order valence-electron chi connectivity index (χ2n) is 3.68. The second kappa shape index (κ2) is 5.44. The Balaban J connectivity index is 2.16. The van der Waals surface area contributed by atoms with Crippen molar-refractivity contribution in [3.05, 3.63) is 59.4 Å². The number of carbonyl (C=O) groups is 1. The van der Waals surface area contributed by atoms with Crippen LogP contribution in [0.25, 0.3) is 0 Å². The van der Waals surface area contributed by atoms with E-state index in [4.69, 9.17) is 10.5 Å². The van der Waals surface area contributed by atoms with Crippen LogP contribution < -0.4 is 5.32 Å².